The van der Waals surface area contributed by atoms with Crippen LogP contribution in [0.5, 0.6) is 5.75 Å². The maximum absolute atomic E-state index is 12.2. The molecule has 0 aliphatic rings. The van der Waals surface area contributed by atoms with Crippen molar-refractivity contribution in [2.75, 3.05) is 21.2 Å². The molecule has 0 radical (unpaired) electrons. The average Bonchev–Trinajstić information content (AvgIpc) is 3.00. The van der Waals surface area contributed by atoms with Crippen LogP contribution in [0.1, 0.15) is 38.9 Å². The molecule has 1 atom stereocenters. The zero-order valence-electron chi connectivity index (χ0n) is 16.4. The van der Waals surface area contributed by atoms with Crippen LogP contribution in [0.4, 0.5) is 0 Å². The van der Waals surface area contributed by atoms with Crippen LogP contribution in [0.2, 0.25) is 0 Å². The van der Waals surface area contributed by atoms with Crippen LogP contribution < -0.4 is 4.74 Å². The van der Waals surface area contributed by atoms with Crippen molar-refractivity contribution in [1.82, 2.24) is 14.7 Å². The van der Waals surface area contributed by atoms with Crippen LogP contribution in [-0.4, -0.2) is 41.8 Å². The summed E-state index contributed by atoms with van der Waals surface area (Å²) < 4.78 is 7.43. The highest BCUT2D eigenvalue weighted by molar-refractivity contribution is 5.93. The summed E-state index contributed by atoms with van der Waals surface area (Å²) >= 11 is 0. The fourth-order valence-electron chi connectivity index (χ4n) is 3.26. The minimum Gasteiger partial charge on any atom is -0.497 e. The molecule has 5 nitrogen and oxygen atoms in total. The minimum atomic E-state index is -0.0997. The molecule has 140 valence electrons. The Morgan fingerprint density at radius 2 is 1.74 bits per heavy atom. The number of carbonyl (C=O) groups excluding carboxylic acids is 1. The molecule has 1 amide bonds. The van der Waals surface area contributed by atoms with E-state index in [-0.39, 0.29) is 11.9 Å². The lowest BCUT2D eigenvalue weighted by molar-refractivity contribution is 0.0827. The lowest BCUT2D eigenvalue weighted by Gasteiger charge is -2.21. The summed E-state index contributed by atoms with van der Waals surface area (Å²) in [6.45, 7) is 4.04. The van der Waals surface area contributed by atoms with E-state index in [0.717, 1.165) is 28.3 Å². The van der Waals surface area contributed by atoms with Crippen LogP contribution >= 0.6 is 0 Å². The zero-order chi connectivity index (χ0) is 19.6. The van der Waals surface area contributed by atoms with Crippen LogP contribution in [0.3, 0.4) is 0 Å². The Kier molecular flexibility index (Phi) is 5.31. The van der Waals surface area contributed by atoms with E-state index in [1.165, 1.54) is 0 Å². The van der Waals surface area contributed by atoms with Gasteiger partial charge in [-0.05, 0) is 55.3 Å². The van der Waals surface area contributed by atoms with Gasteiger partial charge in [-0.2, -0.15) is 5.10 Å². The summed E-state index contributed by atoms with van der Waals surface area (Å²) in [5.74, 6) is 0.795. The molecule has 1 unspecified atom stereocenters. The van der Waals surface area contributed by atoms with Gasteiger partial charge >= 0.3 is 0 Å². The fraction of sp³-hybridized carbons (Fsp3) is 0.273. The van der Waals surface area contributed by atoms with Crippen molar-refractivity contribution in [2.24, 2.45) is 0 Å². The molecule has 3 rings (SSSR count). The first-order valence-corrected chi connectivity index (χ1v) is 8.89. The topological polar surface area (TPSA) is 47.4 Å². The number of rotatable bonds is 5. The number of hydrogen-bond donors (Lipinski definition) is 0. The number of amides is 1. The number of hydrogen-bond acceptors (Lipinski definition) is 3. The second-order valence-corrected chi connectivity index (χ2v) is 6.87. The molecular weight excluding hydrogens is 338 g/mol. The largest absolute Gasteiger partial charge is 0.497 e. The number of benzene rings is 2. The Morgan fingerprint density at radius 3 is 2.30 bits per heavy atom. The predicted octanol–water partition coefficient (Wildman–Crippen LogP) is 3.85. The highest BCUT2D eigenvalue weighted by Crippen LogP contribution is 2.30. The van der Waals surface area contributed by atoms with Crippen molar-refractivity contribution in [3.63, 3.8) is 0 Å². The molecule has 2 aromatic carbocycles. The summed E-state index contributed by atoms with van der Waals surface area (Å²) in [7, 11) is 5.18. The van der Waals surface area contributed by atoms with Gasteiger partial charge in [-0.3, -0.25) is 9.48 Å². The molecule has 27 heavy (non-hydrogen) atoms. The Labute approximate surface area is 160 Å². The van der Waals surface area contributed by atoms with Crippen molar-refractivity contribution >= 4 is 5.91 Å². The maximum Gasteiger partial charge on any atom is 0.253 e. The second-order valence-electron chi connectivity index (χ2n) is 6.87. The first-order valence-electron chi connectivity index (χ1n) is 8.89. The van der Waals surface area contributed by atoms with E-state index < -0.39 is 0 Å². The molecule has 0 saturated carbocycles. The van der Waals surface area contributed by atoms with Gasteiger partial charge in [0.2, 0.25) is 0 Å². The van der Waals surface area contributed by atoms with E-state index in [4.69, 9.17) is 9.84 Å². The van der Waals surface area contributed by atoms with Crippen molar-refractivity contribution in [1.29, 1.82) is 0 Å². The van der Waals surface area contributed by atoms with E-state index in [9.17, 15) is 4.79 Å². The summed E-state index contributed by atoms with van der Waals surface area (Å²) in [5, 5.41) is 4.71. The van der Waals surface area contributed by atoms with Crippen molar-refractivity contribution in [2.45, 2.75) is 19.9 Å². The molecule has 0 spiro atoms. The number of aromatic nitrogens is 2. The molecule has 1 aromatic heterocycles. The van der Waals surface area contributed by atoms with Crippen LogP contribution in [0.15, 0.2) is 54.6 Å². The van der Waals surface area contributed by atoms with Gasteiger partial charge in [0.25, 0.3) is 5.91 Å². The first-order chi connectivity index (χ1) is 12.9. The third-order valence-electron chi connectivity index (χ3n) is 4.58. The number of ether oxygens (including phenoxy) is 1. The quantitative estimate of drug-likeness (QED) is 0.692. The van der Waals surface area contributed by atoms with E-state index >= 15 is 0 Å². The number of methoxy groups -OCH3 is 1. The van der Waals surface area contributed by atoms with E-state index in [2.05, 4.69) is 19.1 Å². The number of aryl methyl sites for hydroxylation is 2. The summed E-state index contributed by atoms with van der Waals surface area (Å²) in [6.07, 6.45) is 0. The van der Waals surface area contributed by atoms with Crippen molar-refractivity contribution in [3.8, 4) is 5.75 Å². The summed E-state index contributed by atoms with van der Waals surface area (Å²) in [5.41, 5.74) is 4.85. The smallest absolute Gasteiger partial charge is 0.253 e. The van der Waals surface area contributed by atoms with Crippen LogP contribution in [-0.2, 0) is 0 Å². The fourth-order valence-corrected chi connectivity index (χ4v) is 3.26. The lowest BCUT2D eigenvalue weighted by atomic mass is 9.97. The van der Waals surface area contributed by atoms with Gasteiger partial charge < -0.3 is 9.64 Å². The predicted molar refractivity (Wildman–Crippen MR) is 106 cm³/mol. The second kappa shape index (κ2) is 7.66. The van der Waals surface area contributed by atoms with Gasteiger partial charge in [0.05, 0.1) is 12.8 Å². The van der Waals surface area contributed by atoms with E-state index in [1.807, 2.05) is 54.1 Å². The summed E-state index contributed by atoms with van der Waals surface area (Å²) in [4.78, 5) is 13.8. The van der Waals surface area contributed by atoms with Gasteiger partial charge in [-0.1, -0.05) is 24.3 Å². The Morgan fingerprint density at radius 1 is 1.04 bits per heavy atom. The average molecular weight is 363 g/mol. The normalized spacial score (nSPS) is 11.9. The molecule has 5 heteroatoms. The summed E-state index contributed by atoms with van der Waals surface area (Å²) in [6, 6.07) is 17.7. The lowest BCUT2D eigenvalue weighted by Crippen LogP contribution is -2.22. The standard InChI is InChI=1S/C22H25N3O2/c1-15-13-16(2)25(23-15)21(19-7-6-8-20(14-19)27-5)17-9-11-18(12-10-17)22(26)24(3)4/h6-14,21H,1-5H3. The molecule has 0 N–H and O–H groups in total. The minimum absolute atomic E-state index is 0.00871. The van der Waals surface area contributed by atoms with Gasteiger partial charge in [0, 0.05) is 25.4 Å². The molecule has 1 heterocycles. The maximum atomic E-state index is 12.2. The first kappa shape index (κ1) is 18.7. The monoisotopic (exact) mass is 363 g/mol. The third-order valence-corrected chi connectivity index (χ3v) is 4.58. The van der Waals surface area contributed by atoms with Gasteiger partial charge in [0.1, 0.15) is 11.8 Å². The molecule has 0 saturated heterocycles. The van der Waals surface area contributed by atoms with E-state index in [0.29, 0.717) is 5.56 Å². The highest BCUT2D eigenvalue weighted by Gasteiger charge is 2.20. The molecule has 0 aliphatic carbocycles. The molecule has 3 aromatic rings. The Bertz CT molecular complexity index is 942. The van der Waals surface area contributed by atoms with Crippen molar-refractivity contribution < 1.29 is 9.53 Å². The SMILES string of the molecule is COc1cccc(C(c2ccc(C(=O)N(C)C)cc2)n2nc(C)cc2C)c1. The van der Waals surface area contributed by atoms with Gasteiger partial charge in [-0.25, -0.2) is 0 Å². The third kappa shape index (κ3) is 3.87. The molecular formula is C22H25N3O2. The Hall–Kier alpha value is -3.08. The van der Waals surface area contributed by atoms with Crippen LogP contribution in [0.25, 0.3) is 0 Å². The van der Waals surface area contributed by atoms with Gasteiger partial charge in [-0.15, -0.1) is 0 Å². The molecule has 0 bridgehead atoms. The van der Waals surface area contributed by atoms with Gasteiger partial charge in [0.15, 0.2) is 0 Å². The molecule has 0 fully saturated rings. The van der Waals surface area contributed by atoms with Crippen molar-refractivity contribution in [3.05, 3.63) is 82.7 Å². The van der Waals surface area contributed by atoms with E-state index in [1.54, 1.807) is 26.1 Å². The Balaban J connectivity index is 2.10. The highest BCUT2D eigenvalue weighted by atomic mass is 16.5. The van der Waals surface area contributed by atoms with Crippen LogP contribution in [0, 0.1) is 13.8 Å². The zero-order valence-corrected chi connectivity index (χ0v) is 16.4. The number of nitrogens with zero attached hydrogens (tertiary/aromatic N) is 3. The number of carbonyl (C=O) groups is 1. The molecule has 0 aliphatic heterocycles.